The van der Waals surface area contributed by atoms with Crippen molar-refractivity contribution in [2.75, 3.05) is 6.54 Å². The fraction of sp³-hybridized carbons (Fsp3) is 0.214. The molecule has 0 bridgehead atoms. The molecule has 1 aromatic carbocycles. The third-order valence-corrected chi connectivity index (χ3v) is 6.09. The van der Waals surface area contributed by atoms with Gasteiger partial charge in [0.15, 0.2) is 0 Å². The third kappa shape index (κ3) is 4.15. The lowest BCUT2D eigenvalue weighted by Gasteiger charge is -2.12. The van der Waals surface area contributed by atoms with Crippen LogP contribution in [0.3, 0.4) is 0 Å². The predicted molar refractivity (Wildman–Crippen MR) is 90.0 cm³/mol. The van der Waals surface area contributed by atoms with Gasteiger partial charge in [-0.2, -0.15) is 0 Å². The first-order valence-electron chi connectivity index (χ1n) is 6.11. The third-order valence-electron chi connectivity index (χ3n) is 2.84. The molecule has 0 saturated heterocycles. The van der Waals surface area contributed by atoms with Gasteiger partial charge < -0.3 is 11.1 Å². The highest BCUT2D eigenvalue weighted by Crippen LogP contribution is 2.32. The first-order chi connectivity index (χ1) is 9.58. The Labute approximate surface area is 138 Å². The van der Waals surface area contributed by atoms with Gasteiger partial charge in [-0.1, -0.05) is 30.3 Å². The summed E-state index contributed by atoms with van der Waals surface area (Å²) in [5.41, 5.74) is 7.17. The first-order valence-corrected chi connectivity index (χ1v) is 8.51. The van der Waals surface area contributed by atoms with E-state index >= 15 is 0 Å². The molecular formula is C14H14Br2N2OS. The second-order valence-corrected chi connectivity index (χ2v) is 7.52. The Bertz CT molecular complexity index is 567. The molecule has 0 radical (unpaired) electrons. The molecule has 106 valence electrons. The summed E-state index contributed by atoms with van der Waals surface area (Å²) in [5, 5.41) is 2.89. The molecule has 20 heavy (non-hydrogen) atoms. The van der Waals surface area contributed by atoms with E-state index in [-0.39, 0.29) is 11.9 Å². The Morgan fingerprint density at radius 3 is 2.60 bits per heavy atom. The van der Waals surface area contributed by atoms with E-state index in [0.29, 0.717) is 17.8 Å². The largest absolute Gasteiger partial charge is 0.351 e. The summed E-state index contributed by atoms with van der Waals surface area (Å²) in [5.74, 6) is -0.0679. The Morgan fingerprint density at radius 1 is 1.30 bits per heavy atom. The van der Waals surface area contributed by atoms with Crippen molar-refractivity contribution >= 4 is 49.1 Å². The number of thiophene rings is 1. The van der Waals surface area contributed by atoms with Crippen molar-refractivity contribution in [3.63, 3.8) is 0 Å². The van der Waals surface area contributed by atoms with E-state index in [0.717, 1.165) is 13.8 Å². The topological polar surface area (TPSA) is 55.1 Å². The molecule has 3 nitrogen and oxygen atoms in total. The number of hydrogen-bond acceptors (Lipinski definition) is 3. The molecule has 3 N–H and O–H groups in total. The van der Waals surface area contributed by atoms with Gasteiger partial charge in [-0.15, -0.1) is 11.3 Å². The van der Waals surface area contributed by atoms with E-state index in [1.54, 1.807) is 6.07 Å². The monoisotopic (exact) mass is 416 g/mol. The molecule has 1 aromatic heterocycles. The number of carbonyl (C=O) groups is 1. The summed E-state index contributed by atoms with van der Waals surface area (Å²) in [7, 11) is 0. The van der Waals surface area contributed by atoms with Gasteiger partial charge in [0.2, 0.25) is 0 Å². The van der Waals surface area contributed by atoms with Crippen molar-refractivity contribution in [2.24, 2.45) is 5.73 Å². The van der Waals surface area contributed by atoms with Crippen molar-refractivity contribution in [1.82, 2.24) is 5.32 Å². The molecule has 6 heteroatoms. The first kappa shape index (κ1) is 15.7. The molecule has 2 rings (SSSR count). The Hall–Kier alpha value is -0.690. The fourth-order valence-electron chi connectivity index (χ4n) is 1.75. The molecule has 0 fully saturated rings. The van der Waals surface area contributed by atoms with Crippen LogP contribution in [0, 0.1) is 0 Å². The van der Waals surface area contributed by atoms with Gasteiger partial charge in [0.1, 0.15) is 0 Å². The van der Waals surface area contributed by atoms with Gasteiger partial charge in [-0.25, -0.2) is 0 Å². The number of nitrogens with two attached hydrogens (primary N) is 1. The zero-order valence-electron chi connectivity index (χ0n) is 10.6. The van der Waals surface area contributed by atoms with Crippen LogP contribution in [0.4, 0.5) is 0 Å². The van der Waals surface area contributed by atoms with Crippen LogP contribution in [-0.2, 0) is 0 Å². The van der Waals surface area contributed by atoms with E-state index in [4.69, 9.17) is 5.73 Å². The van der Waals surface area contributed by atoms with Gasteiger partial charge in [-0.05, 0) is 49.9 Å². The van der Waals surface area contributed by atoms with Crippen molar-refractivity contribution in [3.05, 3.63) is 55.1 Å². The quantitative estimate of drug-likeness (QED) is 0.769. The molecule has 1 unspecified atom stereocenters. The number of nitrogens with one attached hydrogen (secondary N) is 1. The van der Waals surface area contributed by atoms with Crippen molar-refractivity contribution < 1.29 is 4.79 Å². The second-order valence-electron chi connectivity index (χ2n) is 4.29. The van der Waals surface area contributed by atoms with Crippen LogP contribution in [0.2, 0.25) is 0 Å². The molecule has 0 aliphatic carbocycles. The van der Waals surface area contributed by atoms with Crippen LogP contribution in [0.25, 0.3) is 0 Å². The minimum absolute atomic E-state index is 0.0571. The number of amides is 1. The number of rotatable bonds is 5. The number of hydrogen-bond donors (Lipinski definition) is 2. The van der Waals surface area contributed by atoms with Crippen LogP contribution < -0.4 is 11.1 Å². The van der Waals surface area contributed by atoms with E-state index in [1.807, 2.05) is 30.3 Å². The molecule has 1 amide bonds. The lowest BCUT2D eigenvalue weighted by Crippen LogP contribution is -2.26. The fourth-order valence-corrected chi connectivity index (χ4v) is 3.71. The number of carbonyl (C=O) groups excluding carboxylic acids is 1. The predicted octanol–water partition coefficient (Wildman–Crippen LogP) is 4.09. The zero-order valence-corrected chi connectivity index (χ0v) is 14.6. The molecule has 0 aliphatic heterocycles. The Kier molecular flexibility index (Phi) is 5.77. The maximum Gasteiger partial charge on any atom is 0.261 e. The summed E-state index contributed by atoms with van der Waals surface area (Å²) in [6, 6.07) is 11.6. The minimum Gasteiger partial charge on any atom is -0.351 e. The highest BCUT2D eigenvalue weighted by atomic mass is 79.9. The van der Waals surface area contributed by atoms with E-state index in [1.165, 1.54) is 11.3 Å². The van der Waals surface area contributed by atoms with E-state index < -0.39 is 0 Å². The van der Waals surface area contributed by atoms with Crippen LogP contribution in [-0.4, -0.2) is 12.5 Å². The lowest BCUT2D eigenvalue weighted by molar-refractivity contribution is 0.0956. The molecule has 1 atom stereocenters. The summed E-state index contributed by atoms with van der Waals surface area (Å²) in [6.45, 7) is 0.558. The smallest absolute Gasteiger partial charge is 0.261 e. The average Bonchev–Trinajstić information content (AvgIpc) is 2.79. The normalized spacial score (nSPS) is 12.2. The van der Waals surface area contributed by atoms with Crippen molar-refractivity contribution in [3.8, 4) is 0 Å². The lowest BCUT2D eigenvalue weighted by atomic mass is 10.1. The van der Waals surface area contributed by atoms with Gasteiger partial charge >= 0.3 is 0 Å². The molecular weight excluding hydrogens is 404 g/mol. The molecule has 1 heterocycles. The standard InChI is InChI=1S/C14H14Br2N2OS/c15-10-8-12(20-13(10)16)14(19)18-7-6-11(17)9-4-2-1-3-5-9/h1-5,8,11H,6-7,17H2,(H,18,19). The van der Waals surface area contributed by atoms with Gasteiger partial charge in [-0.3, -0.25) is 4.79 Å². The number of halogens is 2. The average molecular weight is 418 g/mol. The number of benzene rings is 1. The summed E-state index contributed by atoms with van der Waals surface area (Å²) >= 11 is 8.15. The van der Waals surface area contributed by atoms with Crippen LogP contribution in [0.5, 0.6) is 0 Å². The SMILES string of the molecule is NC(CCNC(=O)c1cc(Br)c(Br)s1)c1ccccc1. The van der Waals surface area contributed by atoms with Gasteiger partial charge in [0, 0.05) is 17.1 Å². The van der Waals surface area contributed by atoms with Crippen LogP contribution in [0.15, 0.2) is 44.7 Å². The maximum absolute atomic E-state index is 11.9. The molecule has 0 spiro atoms. The molecule has 0 aliphatic rings. The van der Waals surface area contributed by atoms with Crippen LogP contribution >= 0.6 is 43.2 Å². The van der Waals surface area contributed by atoms with E-state index in [9.17, 15) is 4.79 Å². The maximum atomic E-state index is 11.9. The Balaban J connectivity index is 1.82. The van der Waals surface area contributed by atoms with Crippen LogP contribution in [0.1, 0.15) is 27.7 Å². The van der Waals surface area contributed by atoms with Crippen molar-refractivity contribution in [1.29, 1.82) is 0 Å². The Morgan fingerprint density at radius 2 is 2.00 bits per heavy atom. The summed E-state index contributed by atoms with van der Waals surface area (Å²) in [4.78, 5) is 12.6. The van der Waals surface area contributed by atoms with Gasteiger partial charge in [0.05, 0.1) is 8.66 Å². The zero-order chi connectivity index (χ0) is 14.5. The van der Waals surface area contributed by atoms with Crippen molar-refractivity contribution in [2.45, 2.75) is 12.5 Å². The summed E-state index contributed by atoms with van der Waals surface area (Å²) < 4.78 is 1.82. The molecule has 2 aromatic rings. The highest BCUT2D eigenvalue weighted by Gasteiger charge is 2.12. The summed E-state index contributed by atoms with van der Waals surface area (Å²) in [6.07, 6.45) is 0.712. The molecule has 0 saturated carbocycles. The second kappa shape index (κ2) is 7.36. The highest BCUT2D eigenvalue weighted by molar-refractivity contribution is 9.13. The minimum atomic E-state index is -0.0679. The van der Waals surface area contributed by atoms with E-state index in [2.05, 4.69) is 37.2 Å². The van der Waals surface area contributed by atoms with Gasteiger partial charge in [0.25, 0.3) is 5.91 Å².